The van der Waals surface area contributed by atoms with Gasteiger partial charge in [-0.25, -0.2) is 14.6 Å². The lowest BCUT2D eigenvalue weighted by Gasteiger charge is -1.99. The highest BCUT2D eigenvalue weighted by atomic mass is 16.3. The monoisotopic (exact) mass is 269 g/mol. The first-order valence-corrected chi connectivity index (χ1v) is 5.90. The molecule has 20 heavy (non-hydrogen) atoms. The van der Waals surface area contributed by atoms with Crippen molar-refractivity contribution in [3.05, 3.63) is 30.6 Å². The second-order valence-electron chi connectivity index (χ2n) is 4.21. The van der Waals surface area contributed by atoms with E-state index in [0.29, 0.717) is 22.3 Å². The highest BCUT2D eigenvalue weighted by molar-refractivity contribution is 5.98. The molecule has 3 rings (SSSR count). The number of aromatic hydroxyl groups is 1. The molecule has 0 aliphatic carbocycles. The molecule has 1 aromatic carbocycles. The van der Waals surface area contributed by atoms with Crippen molar-refractivity contribution < 1.29 is 9.90 Å². The van der Waals surface area contributed by atoms with Crippen molar-refractivity contribution in [2.45, 2.75) is 6.54 Å². The predicted octanol–water partition coefficient (Wildman–Crippen LogP) is 0.980. The Morgan fingerprint density at radius 1 is 1.35 bits per heavy atom. The van der Waals surface area contributed by atoms with E-state index in [9.17, 15) is 9.90 Å². The Hall–Kier alpha value is -2.96. The van der Waals surface area contributed by atoms with E-state index in [-0.39, 0.29) is 18.1 Å². The van der Waals surface area contributed by atoms with Gasteiger partial charge in [0.15, 0.2) is 5.65 Å². The molecule has 7 nitrogen and oxygen atoms in total. The number of carbonyl (C=O) groups is 1. The van der Waals surface area contributed by atoms with E-state index in [4.69, 9.17) is 5.73 Å². The fourth-order valence-electron chi connectivity index (χ4n) is 2.08. The number of aldehydes is 1. The largest absolute Gasteiger partial charge is 0.508 e. The van der Waals surface area contributed by atoms with Gasteiger partial charge >= 0.3 is 0 Å². The second kappa shape index (κ2) is 4.61. The second-order valence-corrected chi connectivity index (χ2v) is 4.21. The topological polar surface area (TPSA) is 107 Å². The minimum atomic E-state index is 0.0752. The highest BCUT2D eigenvalue weighted by Crippen LogP contribution is 2.31. The molecule has 3 aromatic rings. The molecule has 2 aromatic heterocycles. The van der Waals surface area contributed by atoms with Crippen molar-refractivity contribution in [2.24, 2.45) is 0 Å². The lowest BCUT2D eigenvalue weighted by Crippen LogP contribution is -2.02. The van der Waals surface area contributed by atoms with Gasteiger partial charge in [-0.1, -0.05) is 12.1 Å². The van der Waals surface area contributed by atoms with E-state index in [1.807, 2.05) is 0 Å². The van der Waals surface area contributed by atoms with Crippen LogP contribution >= 0.6 is 0 Å². The lowest BCUT2D eigenvalue weighted by atomic mass is 10.1. The molecule has 0 aliphatic heterocycles. The zero-order chi connectivity index (χ0) is 14.1. The number of nitrogens with zero attached hydrogens (tertiary/aromatic N) is 4. The van der Waals surface area contributed by atoms with Crippen LogP contribution in [0.25, 0.3) is 22.3 Å². The Bertz CT molecular complexity index is 797. The summed E-state index contributed by atoms with van der Waals surface area (Å²) < 4.78 is 1.46. The molecule has 0 aliphatic rings. The van der Waals surface area contributed by atoms with E-state index in [2.05, 4.69) is 15.1 Å². The molecule has 2 heterocycles. The SMILES string of the molecule is Nc1ncnc2c1c(-c1cccc(O)c1)nn2CC=O. The van der Waals surface area contributed by atoms with Gasteiger partial charge in [0.05, 0.1) is 11.9 Å². The molecule has 0 saturated carbocycles. The fraction of sp³-hybridized carbons (Fsp3) is 0.0769. The van der Waals surface area contributed by atoms with E-state index in [1.165, 1.54) is 11.0 Å². The third kappa shape index (κ3) is 1.85. The average molecular weight is 269 g/mol. The first-order chi connectivity index (χ1) is 9.70. The molecular weight excluding hydrogens is 258 g/mol. The minimum Gasteiger partial charge on any atom is -0.508 e. The molecule has 3 N–H and O–H groups in total. The molecule has 0 atom stereocenters. The number of phenolic OH excluding ortho intramolecular Hbond substituents is 1. The van der Waals surface area contributed by atoms with Crippen molar-refractivity contribution in [2.75, 3.05) is 5.73 Å². The first kappa shape index (κ1) is 12.1. The summed E-state index contributed by atoms with van der Waals surface area (Å²) in [6.07, 6.45) is 2.06. The number of nitrogen functional groups attached to an aromatic ring is 1. The summed E-state index contributed by atoms with van der Waals surface area (Å²) in [5.74, 6) is 0.404. The Morgan fingerprint density at radius 3 is 2.95 bits per heavy atom. The Labute approximate surface area is 113 Å². The molecule has 0 unspecified atom stereocenters. The quantitative estimate of drug-likeness (QED) is 0.686. The first-order valence-electron chi connectivity index (χ1n) is 5.90. The number of anilines is 1. The van der Waals surface area contributed by atoms with Crippen molar-refractivity contribution in [3.8, 4) is 17.0 Å². The van der Waals surface area contributed by atoms with Crippen LogP contribution in [-0.2, 0) is 11.3 Å². The van der Waals surface area contributed by atoms with E-state index in [1.54, 1.807) is 24.3 Å². The zero-order valence-electron chi connectivity index (χ0n) is 10.4. The Kier molecular flexibility index (Phi) is 2.79. The minimum absolute atomic E-state index is 0.0752. The summed E-state index contributed by atoms with van der Waals surface area (Å²) in [5, 5.41) is 14.5. The van der Waals surface area contributed by atoms with Gasteiger partial charge in [-0.2, -0.15) is 5.10 Å². The van der Waals surface area contributed by atoms with Crippen LogP contribution in [0, 0.1) is 0 Å². The molecule has 0 bridgehead atoms. The van der Waals surface area contributed by atoms with Crippen molar-refractivity contribution in [1.29, 1.82) is 0 Å². The van der Waals surface area contributed by atoms with Gasteiger partial charge in [0.1, 0.15) is 29.9 Å². The van der Waals surface area contributed by atoms with Crippen LogP contribution < -0.4 is 5.73 Å². The normalized spacial score (nSPS) is 10.8. The molecule has 0 fully saturated rings. The third-order valence-electron chi connectivity index (χ3n) is 2.93. The maximum absolute atomic E-state index is 10.7. The third-order valence-corrected chi connectivity index (χ3v) is 2.93. The van der Waals surface area contributed by atoms with Gasteiger partial charge in [-0.3, -0.25) is 0 Å². The van der Waals surface area contributed by atoms with Gasteiger partial charge in [-0.05, 0) is 12.1 Å². The van der Waals surface area contributed by atoms with Gasteiger partial charge in [0, 0.05) is 5.56 Å². The predicted molar refractivity (Wildman–Crippen MR) is 72.9 cm³/mol. The zero-order valence-corrected chi connectivity index (χ0v) is 10.4. The summed E-state index contributed by atoms with van der Waals surface area (Å²) in [4.78, 5) is 18.8. The summed E-state index contributed by atoms with van der Waals surface area (Å²) in [5.41, 5.74) is 7.59. The number of nitrogens with two attached hydrogens (primary N) is 1. The van der Waals surface area contributed by atoms with Crippen LogP contribution in [0.1, 0.15) is 0 Å². The average Bonchev–Trinajstić information content (AvgIpc) is 2.80. The summed E-state index contributed by atoms with van der Waals surface area (Å²) >= 11 is 0. The maximum Gasteiger partial charge on any atom is 0.164 e. The molecule has 7 heteroatoms. The van der Waals surface area contributed by atoms with Crippen LogP contribution in [0.4, 0.5) is 5.82 Å². The molecule has 0 saturated heterocycles. The number of hydrogen-bond donors (Lipinski definition) is 2. The fourth-order valence-corrected chi connectivity index (χ4v) is 2.08. The summed E-state index contributed by atoms with van der Waals surface area (Å²) in [6, 6.07) is 6.63. The van der Waals surface area contributed by atoms with Gasteiger partial charge in [0.25, 0.3) is 0 Å². The van der Waals surface area contributed by atoms with E-state index in [0.717, 1.165) is 6.29 Å². The Morgan fingerprint density at radius 2 is 2.20 bits per heavy atom. The molecule has 0 radical (unpaired) electrons. The number of benzene rings is 1. The van der Waals surface area contributed by atoms with E-state index < -0.39 is 0 Å². The lowest BCUT2D eigenvalue weighted by molar-refractivity contribution is -0.108. The number of phenols is 1. The number of aromatic nitrogens is 4. The highest BCUT2D eigenvalue weighted by Gasteiger charge is 2.16. The van der Waals surface area contributed by atoms with Crippen LogP contribution in [-0.4, -0.2) is 31.1 Å². The molecule has 0 amide bonds. The standard InChI is InChI=1S/C13H11N5O2/c14-12-10-11(8-2-1-3-9(20)6-8)17-18(4-5-19)13(10)16-7-15-12/h1-3,5-7,20H,4H2,(H2,14,15,16). The van der Waals surface area contributed by atoms with Crippen molar-refractivity contribution in [1.82, 2.24) is 19.7 Å². The van der Waals surface area contributed by atoms with Crippen molar-refractivity contribution >= 4 is 23.1 Å². The summed E-state index contributed by atoms with van der Waals surface area (Å²) in [6.45, 7) is 0.0752. The molecule has 0 spiro atoms. The van der Waals surface area contributed by atoms with Crippen LogP contribution in [0.5, 0.6) is 5.75 Å². The summed E-state index contributed by atoms with van der Waals surface area (Å²) in [7, 11) is 0. The molecule has 100 valence electrons. The Balaban J connectivity index is 2.32. The number of carbonyl (C=O) groups excluding carboxylic acids is 1. The van der Waals surface area contributed by atoms with Crippen LogP contribution in [0.15, 0.2) is 30.6 Å². The van der Waals surface area contributed by atoms with Crippen LogP contribution in [0.2, 0.25) is 0 Å². The maximum atomic E-state index is 10.7. The van der Waals surface area contributed by atoms with Crippen LogP contribution in [0.3, 0.4) is 0 Å². The van der Waals surface area contributed by atoms with Gasteiger partial charge in [0.2, 0.25) is 0 Å². The number of hydrogen-bond acceptors (Lipinski definition) is 6. The van der Waals surface area contributed by atoms with E-state index >= 15 is 0 Å². The molecular formula is C13H11N5O2. The van der Waals surface area contributed by atoms with Gasteiger partial charge in [-0.15, -0.1) is 0 Å². The number of fused-ring (bicyclic) bond motifs is 1. The smallest absolute Gasteiger partial charge is 0.164 e. The number of rotatable bonds is 3. The van der Waals surface area contributed by atoms with Gasteiger partial charge < -0.3 is 15.6 Å². The van der Waals surface area contributed by atoms with Crippen molar-refractivity contribution in [3.63, 3.8) is 0 Å².